The molecule has 1 atom stereocenters. The van der Waals surface area contributed by atoms with E-state index >= 15 is 0 Å². The Balaban J connectivity index is 2.44. The zero-order valence-corrected chi connectivity index (χ0v) is 10.5. The summed E-state index contributed by atoms with van der Waals surface area (Å²) >= 11 is 5.12. The van der Waals surface area contributed by atoms with E-state index in [2.05, 4.69) is 37.9 Å². The number of hydrogen-bond acceptors (Lipinski definition) is 4. The van der Waals surface area contributed by atoms with Crippen molar-refractivity contribution >= 4 is 27.3 Å². The molecule has 80 valence electrons. The summed E-state index contributed by atoms with van der Waals surface area (Å²) in [4.78, 5) is 0. The van der Waals surface area contributed by atoms with Crippen LogP contribution in [0.4, 0.5) is 0 Å². The fourth-order valence-corrected chi connectivity index (χ4v) is 2.78. The molecule has 3 N–H and O–H groups in total. The average Bonchev–Trinajstić information content (AvgIpc) is 2.83. The van der Waals surface area contributed by atoms with Gasteiger partial charge in [0.25, 0.3) is 0 Å². The predicted octanol–water partition coefficient (Wildman–Crippen LogP) is 1.80. The summed E-state index contributed by atoms with van der Waals surface area (Å²) in [5, 5.41) is 8.28. The van der Waals surface area contributed by atoms with Crippen LogP contribution in [-0.2, 0) is 7.05 Å². The maximum absolute atomic E-state index is 5.59. The summed E-state index contributed by atoms with van der Waals surface area (Å²) in [6.45, 7) is 0. The van der Waals surface area contributed by atoms with E-state index in [-0.39, 0.29) is 6.04 Å². The molecule has 15 heavy (non-hydrogen) atoms. The van der Waals surface area contributed by atoms with Gasteiger partial charge in [0.1, 0.15) is 0 Å². The van der Waals surface area contributed by atoms with E-state index in [1.165, 1.54) is 0 Å². The highest BCUT2D eigenvalue weighted by Crippen LogP contribution is 2.28. The molecule has 2 aromatic heterocycles. The quantitative estimate of drug-likeness (QED) is 0.668. The molecule has 0 radical (unpaired) electrons. The number of hydrogen-bond donors (Lipinski definition) is 2. The third-order valence-corrected chi connectivity index (χ3v) is 3.57. The first-order chi connectivity index (χ1) is 7.24. The molecular weight excluding hydrogens is 276 g/mol. The van der Waals surface area contributed by atoms with Gasteiger partial charge in [0.05, 0.1) is 22.4 Å². The normalized spacial score (nSPS) is 13.0. The van der Waals surface area contributed by atoms with Crippen molar-refractivity contribution in [1.82, 2.24) is 15.2 Å². The van der Waals surface area contributed by atoms with E-state index in [0.717, 1.165) is 15.7 Å². The van der Waals surface area contributed by atoms with Crippen LogP contribution < -0.4 is 11.3 Å². The number of hydrazine groups is 1. The number of nitrogens with one attached hydrogen (secondary N) is 1. The monoisotopic (exact) mass is 286 g/mol. The van der Waals surface area contributed by atoms with E-state index < -0.39 is 0 Å². The second-order valence-electron chi connectivity index (χ2n) is 3.16. The van der Waals surface area contributed by atoms with Gasteiger partial charge < -0.3 is 0 Å². The van der Waals surface area contributed by atoms with Gasteiger partial charge in [-0.2, -0.15) is 16.4 Å². The topological polar surface area (TPSA) is 55.9 Å². The minimum absolute atomic E-state index is 0.0295. The van der Waals surface area contributed by atoms with Crippen LogP contribution in [0.5, 0.6) is 0 Å². The summed E-state index contributed by atoms with van der Waals surface area (Å²) in [7, 11) is 1.90. The van der Waals surface area contributed by atoms with E-state index in [4.69, 9.17) is 5.84 Å². The number of aryl methyl sites for hydroxylation is 1. The number of nitrogens with two attached hydrogens (primary N) is 1. The van der Waals surface area contributed by atoms with E-state index in [0.29, 0.717) is 0 Å². The van der Waals surface area contributed by atoms with Crippen LogP contribution in [0.15, 0.2) is 27.5 Å². The van der Waals surface area contributed by atoms with Crippen LogP contribution >= 0.6 is 27.3 Å². The maximum Gasteiger partial charge on any atom is 0.0897 e. The molecule has 2 heterocycles. The van der Waals surface area contributed by atoms with Crippen LogP contribution in [0, 0.1) is 0 Å². The highest BCUT2D eigenvalue weighted by atomic mass is 79.9. The number of halogens is 1. The van der Waals surface area contributed by atoms with Crippen LogP contribution in [0.1, 0.15) is 17.3 Å². The molecule has 0 amide bonds. The van der Waals surface area contributed by atoms with Gasteiger partial charge in [0, 0.05) is 7.05 Å². The first-order valence-electron chi connectivity index (χ1n) is 4.39. The second kappa shape index (κ2) is 4.44. The molecule has 0 saturated carbocycles. The van der Waals surface area contributed by atoms with Crippen molar-refractivity contribution in [3.05, 3.63) is 38.8 Å². The third kappa shape index (κ3) is 1.98. The lowest BCUT2D eigenvalue weighted by atomic mass is 10.1. The first kappa shape index (κ1) is 10.8. The zero-order valence-electron chi connectivity index (χ0n) is 8.14. The molecule has 2 aromatic rings. The van der Waals surface area contributed by atoms with Crippen molar-refractivity contribution < 1.29 is 0 Å². The number of rotatable bonds is 3. The minimum Gasteiger partial charge on any atom is -0.271 e. The highest BCUT2D eigenvalue weighted by Gasteiger charge is 2.19. The Bertz CT molecular complexity index is 417. The SMILES string of the molecule is Cn1ncc(Br)c1C(NN)c1ccsc1. The Labute approximate surface area is 100 Å². The molecule has 0 aliphatic carbocycles. The molecule has 6 heteroatoms. The molecule has 0 saturated heterocycles. The van der Waals surface area contributed by atoms with Gasteiger partial charge in [-0.15, -0.1) is 0 Å². The van der Waals surface area contributed by atoms with Crippen molar-refractivity contribution in [1.29, 1.82) is 0 Å². The Morgan fingerprint density at radius 3 is 2.93 bits per heavy atom. The van der Waals surface area contributed by atoms with Crippen LogP contribution in [-0.4, -0.2) is 9.78 Å². The van der Waals surface area contributed by atoms with Gasteiger partial charge in [-0.25, -0.2) is 5.43 Å². The van der Waals surface area contributed by atoms with Gasteiger partial charge in [0.2, 0.25) is 0 Å². The highest BCUT2D eigenvalue weighted by molar-refractivity contribution is 9.10. The molecule has 0 fully saturated rings. The molecule has 0 bridgehead atoms. The molecular formula is C9H11BrN4S. The third-order valence-electron chi connectivity index (χ3n) is 2.25. The Morgan fingerprint density at radius 1 is 1.67 bits per heavy atom. The van der Waals surface area contributed by atoms with Gasteiger partial charge in [0.15, 0.2) is 0 Å². The molecule has 2 rings (SSSR count). The van der Waals surface area contributed by atoms with Crippen LogP contribution in [0.25, 0.3) is 0 Å². The van der Waals surface area contributed by atoms with Crippen LogP contribution in [0.2, 0.25) is 0 Å². The van der Waals surface area contributed by atoms with Crippen molar-refractivity contribution in [3.63, 3.8) is 0 Å². The van der Waals surface area contributed by atoms with Gasteiger partial charge in [-0.05, 0) is 38.3 Å². The molecule has 4 nitrogen and oxygen atoms in total. The molecule has 0 aromatic carbocycles. The fourth-order valence-electron chi connectivity index (χ4n) is 1.52. The second-order valence-corrected chi connectivity index (χ2v) is 4.79. The van der Waals surface area contributed by atoms with E-state index in [1.807, 2.05) is 17.1 Å². The maximum atomic E-state index is 5.59. The van der Waals surface area contributed by atoms with Gasteiger partial charge in [-0.1, -0.05) is 0 Å². The Morgan fingerprint density at radius 2 is 2.47 bits per heavy atom. The van der Waals surface area contributed by atoms with Crippen molar-refractivity contribution in [2.75, 3.05) is 0 Å². The van der Waals surface area contributed by atoms with Crippen molar-refractivity contribution in [3.8, 4) is 0 Å². The van der Waals surface area contributed by atoms with E-state index in [1.54, 1.807) is 17.5 Å². The molecule has 0 spiro atoms. The van der Waals surface area contributed by atoms with Crippen molar-refractivity contribution in [2.24, 2.45) is 12.9 Å². The van der Waals surface area contributed by atoms with Gasteiger partial charge in [-0.3, -0.25) is 10.5 Å². The summed E-state index contributed by atoms with van der Waals surface area (Å²) in [6.07, 6.45) is 1.77. The summed E-state index contributed by atoms with van der Waals surface area (Å²) in [5.41, 5.74) is 4.97. The number of aromatic nitrogens is 2. The van der Waals surface area contributed by atoms with Gasteiger partial charge >= 0.3 is 0 Å². The Kier molecular flexibility index (Phi) is 3.20. The fraction of sp³-hybridized carbons (Fsp3) is 0.222. The summed E-state index contributed by atoms with van der Waals surface area (Å²) in [5.74, 6) is 5.59. The first-order valence-corrected chi connectivity index (χ1v) is 6.13. The largest absolute Gasteiger partial charge is 0.271 e. The zero-order chi connectivity index (χ0) is 10.8. The standard InChI is InChI=1S/C9H11BrN4S/c1-14-9(7(10)4-12-14)8(13-11)6-2-3-15-5-6/h2-5,8,13H,11H2,1H3. The lowest BCUT2D eigenvalue weighted by molar-refractivity contribution is 0.574. The average molecular weight is 287 g/mol. The molecule has 0 aliphatic rings. The van der Waals surface area contributed by atoms with Crippen molar-refractivity contribution in [2.45, 2.75) is 6.04 Å². The lowest BCUT2D eigenvalue weighted by Crippen LogP contribution is -2.30. The minimum atomic E-state index is -0.0295. The number of thiophene rings is 1. The van der Waals surface area contributed by atoms with E-state index in [9.17, 15) is 0 Å². The lowest BCUT2D eigenvalue weighted by Gasteiger charge is -2.15. The summed E-state index contributed by atoms with van der Waals surface area (Å²) < 4.78 is 2.77. The predicted molar refractivity (Wildman–Crippen MR) is 64.4 cm³/mol. The number of nitrogens with zero attached hydrogens (tertiary/aromatic N) is 2. The van der Waals surface area contributed by atoms with Crippen LogP contribution in [0.3, 0.4) is 0 Å². The summed E-state index contributed by atoms with van der Waals surface area (Å²) in [6, 6.07) is 2.02. The molecule has 1 unspecified atom stereocenters. The smallest absolute Gasteiger partial charge is 0.0897 e. The molecule has 0 aliphatic heterocycles. The Hall–Kier alpha value is -0.690.